The molecular formula is C13H16BrFN4. The Morgan fingerprint density at radius 2 is 2.26 bits per heavy atom. The normalized spacial score (nSPS) is 12.6. The number of hydrogen-bond acceptors (Lipinski definition) is 3. The summed E-state index contributed by atoms with van der Waals surface area (Å²) in [6, 6.07) is 4.98. The van der Waals surface area contributed by atoms with Crippen molar-refractivity contribution in [3.63, 3.8) is 0 Å². The van der Waals surface area contributed by atoms with Gasteiger partial charge in [0.1, 0.15) is 18.0 Å². The van der Waals surface area contributed by atoms with Crippen LogP contribution < -0.4 is 5.32 Å². The van der Waals surface area contributed by atoms with Crippen molar-refractivity contribution >= 4 is 15.9 Å². The summed E-state index contributed by atoms with van der Waals surface area (Å²) >= 11 is 3.26. The highest BCUT2D eigenvalue weighted by Crippen LogP contribution is 2.23. The summed E-state index contributed by atoms with van der Waals surface area (Å²) in [5.74, 6) is 0.625. The highest BCUT2D eigenvalue weighted by atomic mass is 79.9. The summed E-state index contributed by atoms with van der Waals surface area (Å²) in [5, 5.41) is 7.26. The van der Waals surface area contributed by atoms with Crippen LogP contribution >= 0.6 is 15.9 Å². The summed E-state index contributed by atoms with van der Waals surface area (Å²) in [6.07, 6.45) is 2.13. The van der Waals surface area contributed by atoms with Crippen LogP contribution in [-0.4, -0.2) is 21.8 Å². The van der Waals surface area contributed by atoms with E-state index in [1.165, 1.54) is 12.4 Å². The van der Waals surface area contributed by atoms with Crippen LogP contribution in [0.4, 0.5) is 4.39 Å². The van der Waals surface area contributed by atoms with Gasteiger partial charge in [0, 0.05) is 29.0 Å². The lowest BCUT2D eigenvalue weighted by Crippen LogP contribution is -2.22. The first-order chi connectivity index (χ1) is 9.15. The molecule has 0 aliphatic rings. The number of aryl methyl sites for hydroxylation is 1. The van der Waals surface area contributed by atoms with Gasteiger partial charge in [0.05, 0.1) is 0 Å². The predicted molar refractivity (Wildman–Crippen MR) is 75.3 cm³/mol. The summed E-state index contributed by atoms with van der Waals surface area (Å²) in [4.78, 5) is 4.23. The molecule has 1 atom stereocenters. The van der Waals surface area contributed by atoms with E-state index in [0.717, 1.165) is 16.8 Å². The zero-order valence-electron chi connectivity index (χ0n) is 10.9. The number of benzene rings is 1. The molecule has 0 saturated heterocycles. The number of likely N-dealkylation sites (N-methyl/N-ethyl adjacent to an activating group) is 1. The Labute approximate surface area is 120 Å². The van der Waals surface area contributed by atoms with Gasteiger partial charge >= 0.3 is 0 Å². The monoisotopic (exact) mass is 326 g/mol. The van der Waals surface area contributed by atoms with E-state index >= 15 is 0 Å². The zero-order valence-corrected chi connectivity index (χ0v) is 12.5. The Bertz CT molecular complexity index is 555. The van der Waals surface area contributed by atoms with Crippen LogP contribution in [0.15, 0.2) is 29.0 Å². The number of halogens is 2. The first-order valence-corrected chi connectivity index (χ1v) is 6.94. The molecule has 1 heterocycles. The quantitative estimate of drug-likeness (QED) is 0.918. The molecule has 0 fully saturated rings. The molecule has 6 heteroatoms. The zero-order chi connectivity index (χ0) is 13.8. The van der Waals surface area contributed by atoms with Crippen molar-refractivity contribution < 1.29 is 4.39 Å². The Morgan fingerprint density at radius 3 is 2.89 bits per heavy atom. The number of nitrogens with one attached hydrogen (secondary N) is 1. The van der Waals surface area contributed by atoms with Gasteiger partial charge in [-0.2, -0.15) is 5.10 Å². The van der Waals surface area contributed by atoms with Crippen molar-refractivity contribution in [2.75, 3.05) is 7.05 Å². The van der Waals surface area contributed by atoms with E-state index in [4.69, 9.17) is 0 Å². The molecule has 0 aliphatic carbocycles. The molecule has 1 N–H and O–H groups in total. The maximum absolute atomic E-state index is 14.0. The smallest absolute Gasteiger partial charge is 0.138 e. The molecule has 0 aliphatic heterocycles. The Kier molecular flexibility index (Phi) is 4.66. The van der Waals surface area contributed by atoms with E-state index in [9.17, 15) is 4.39 Å². The van der Waals surface area contributed by atoms with Crippen LogP contribution in [0.3, 0.4) is 0 Å². The van der Waals surface area contributed by atoms with Gasteiger partial charge in [-0.3, -0.25) is 4.68 Å². The molecule has 2 aromatic rings. The van der Waals surface area contributed by atoms with Crippen LogP contribution in [-0.2, 0) is 13.0 Å². The van der Waals surface area contributed by atoms with Gasteiger partial charge in [0.25, 0.3) is 0 Å². The van der Waals surface area contributed by atoms with Crippen LogP contribution in [0.1, 0.15) is 24.4 Å². The molecule has 1 aromatic carbocycles. The van der Waals surface area contributed by atoms with Crippen molar-refractivity contribution in [1.29, 1.82) is 0 Å². The molecule has 19 heavy (non-hydrogen) atoms. The fourth-order valence-electron chi connectivity index (χ4n) is 2.04. The molecule has 0 spiro atoms. The lowest BCUT2D eigenvalue weighted by Gasteiger charge is -2.17. The largest absolute Gasteiger partial charge is 0.313 e. The van der Waals surface area contributed by atoms with Crippen LogP contribution in [0.25, 0.3) is 0 Å². The lowest BCUT2D eigenvalue weighted by molar-refractivity contribution is 0.505. The van der Waals surface area contributed by atoms with Crippen LogP contribution in [0, 0.1) is 5.82 Å². The summed E-state index contributed by atoms with van der Waals surface area (Å²) < 4.78 is 16.5. The maximum atomic E-state index is 14.0. The van der Waals surface area contributed by atoms with E-state index in [1.54, 1.807) is 6.07 Å². The van der Waals surface area contributed by atoms with Gasteiger partial charge in [0.2, 0.25) is 0 Å². The molecule has 0 bridgehead atoms. The van der Waals surface area contributed by atoms with E-state index in [-0.39, 0.29) is 11.9 Å². The summed E-state index contributed by atoms with van der Waals surface area (Å²) in [5.41, 5.74) is 0.636. The average Bonchev–Trinajstić information content (AvgIpc) is 2.84. The molecule has 102 valence electrons. The second-order valence-electron chi connectivity index (χ2n) is 4.20. The first kappa shape index (κ1) is 14.1. The molecule has 1 aromatic heterocycles. The minimum absolute atomic E-state index is 0.123. The summed E-state index contributed by atoms with van der Waals surface area (Å²) in [6.45, 7) is 2.77. The molecular weight excluding hydrogens is 311 g/mol. The van der Waals surface area contributed by atoms with Crippen molar-refractivity contribution in [3.8, 4) is 0 Å². The molecule has 0 saturated carbocycles. The number of nitrogens with zero attached hydrogens (tertiary/aromatic N) is 3. The van der Waals surface area contributed by atoms with Gasteiger partial charge in [-0.15, -0.1) is 0 Å². The fraction of sp³-hybridized carbons (Fsp3) is 0.385. The molecule has 2 rings (SSSR count). The van der Waals surface area contributed by atoms with Gasteiger partial charge in [-0.25, -0.2) is 9.37 Å². The van der Waals surface area contributed by atoms with Crippen molar-refractivity contribution in [2.45, 2.75) is 25.9 Å². The Balaban J connectivity index is 2.25. The number of hydrogen-bond donors (Lipinski definition) is 1. The third-order valence-electron chi connectivity index (χ3n) is 3.07. The standard InChI is InChI=1S/C13H16BrFN4/c1-3-19-13(17-8-18-19)7-12(16-2)10-5-4-9(14)6-11(10)15/h4-6,8,12,16H,3,7H2,1-2H3. The van der Waals surface area contributed by atoms with E-state index in [0.29, 0.717) is 12.0 Å². The molecule has 0 radical (unpaired) electrons. The Morgan fingerprint density at radius 1 is 1.47 bits per heavy atom. The Hall–Kier alpha value is -1.27. The van der Waals surface area contributed by atoms with Gasteiger partial charge < -0.3 is 5.32 Å². The topological polar surface area (TPSA) is 42.7 Å². The second-order valence-corrected chi connectivity index (χ2v) is 5.12. The van der Waals surface area contributed by atoms with Crippen molar-refractivity contribution in [3.05, 3.63) is 46.2 Å². The second kappa shape index (κ2) is 6.25. The van der Waals surface area contributed by atoms with Crippen molar-refractivity contribution in [2.24, 2.45) is 0 Å². The SMILES string of the molecule is CCn1ncnc1CC(NC)c1ccc(Br)cc1F. The first-order valence-electron chi connectivity index (χ1n) is 6.14. The van der Waals surface area contributed by atoms with E-state index in [1.807, 2.05) is 24.7 Å². The van der Waals surface area contributed by atoms with Crippen molar-refractivity contribution in [1.82, 2.24) is 20.1 Å². The number of aromatic nitrogens is 3. The van der Waals surface area contributed by atoms with Crippen LogP contribution in [0.5, 0.6) is 0 Å². The number of rotatable bonds is 5. The maximum Gasteiger partial charge on any atom is 0.138 e. The highest BCUT2D eigenvalue weighted by molar-refractivity contribution is 9.10. The minimum atomic E-state index is -0.226. The predicted octanol–water partition coefficient (Wildman–Crippen LogP) is 2.70. The van der Waals surface area contributed by atoms with E-state index in [2.05, 4.69) is 31.3 Å². The summed E-state index contributed by atoms with van der Waals surface area (Å²) in [7, 11) is 1.82. The van der Waals surface area contributed by atoms with Crippen LogP contribution in [0.2, 0.25) is 0 Å². The fourth-order valence-corrected chi connectivity index (χ4v) is 2.38. The minimum Gasteiger partial charge on any atom is -0.313 e. The lowest BCUT2D eigenvalue weighted by atomic mass is 10.0. The van der Waals surface area contributed by atoms with Gasteiger partial charge in [-0.1, -0.05) is 22.0 Å². The average molecular weight is 327 g/mol. The molecule has 4 nitrogen and oxygen atoms in total. The molecule has 0 amide bonds. The third kappa shape index (κ3) is 3.19. The van der Waals surface area contributed by atoms with Gasteiger partial charge in [0.15, 0.2) is 0 Å². The highest BCUT2D eigenvalue weighted by Gasteiger charge is 2.17. The molecule has 1 unspecified atom stereocenters. The van der Waals surface area contributed by atoms with Gasteiger partial charge in [-0.05, 0) is 26.1 Å². The third-order valence-corrected chi connectivity index (χ3v) is 3.56. The van der Waals surface area contributed by atoms with E-state index < -0.39 is 0 Å².